The lowest BCUT2D eigenvalue weighted by Crippen LogP contribution is -2.27. The largest absolute Gasteiger partial charge is 0.462 e. The van der Waals surface area contributed by atoms with Gasteiger partial charge in [-0.3, -0.25) is 19.2 Å². The first-order valence-electron chi connectivity index (χ1n) is 7.06. The number of esters is 4. The Balaban J connectivity index is 4.23. The van der Waals surface area contributed by atoms with Crippen molar-refractivity contribution in [2.45, 2.75) is 39.9 Å². The third kappa shape index (κ3) is 14.2. The predicted octanol–water partition coefficient (Wildman–Crippen LogP) is 1.36. The number of hydrogen-bond donors (Lipinski definition) is 0. The van der Waals surface area contributed by atoms with Crippen molar-refractivity contribution in [2.75, 3.05) is 24.7 Å². The number of hydrogen-bond acceptors (Lipinski definition) is 10. The fourth-order valence-corrected chi connectivity index (χ4v) is 3.68. The molecule has 0 N–H and O–H groups in total. The second-order valence-corrected chi connectivity index (χ2v) is 7.19. The molecule has 0 aromatic rings. The Kier molecular flexibility index (Phi) is 12.2. The normalized spacial score (nSPS) is 12.7. The Bertz CT molecular complexity index is 400. The van der Waals surface area contributed by atoms with Gasteiger partial charge in [0.1, 0.15) is 25.4 Å². The standard InChI is InChI=1S/C14H22O8S2/c1-9(15)19-5-13(21-11(3)17)7-23-24-8-14(22-12(4)18)6-20-10(2)16/h13-14H,5-8H2,1-4H3. The maximum atomic E-state index is 11.0. The zero-order valence-corrected chi connectivity index (χ0v) is 15.7. The molecular formula is C14H22O8S2. The van der Waals surface area contributed by atoms with E-state index in [9.17, 15) is 19.2 Å². The van der Waals surface area contributed by atoms with Crippen LogP contribution >= 0.6 is 21.6 Å². The molecule has 0 aliphatic rings. The van der Waals surface area contributed by atoms with E-state index in [0.29, 0.717) is 11.5 Å². The van der Waals surface area contributed by atoms with Crippen LogP contribution in [0.25, 0.3) is 0 Å². The lowest BCUT2D eigenvalue weighted by Gasteiger charge is -2.18. The number of rotatable bonds is 11. The average molecular weight is 382 g/mol. The molecule has 0 bridgehead atoms. The summed E-state index contributed by atoms with van der Waals surface area (Å²) >= 11 is 0. The van der Waals surface area contributed by atoms with Crippen molar-refractivity contribution in [2.24, 2.45) is 0 Å². The molecule has 2 atom stereocenters. The zero-order chi connectivity index (χ0) is 18.5. The molecule has 2 unspecified atom stereocenters. The highest BCUT2D eigenvalue weighted by atomic mass is 33.1. The van der Waals surface area contributed by atoms with Gasteiger partial charge in [-0.15, -0.1) is 0 Å². The molecule has 24 heavy (non-hydrogen) atoms. The van der Waals surface area contributed by atoms with Gasteiger partial charge in [0.2, 0.25) is 0 Å². The molecule has 0 saturated carbocycles. The third-order valence-corrected chi connectivity index (χ3v) is 4.70. The van der Waals surface area contributed by atoms with Gasteiger partial charge in [-0.25, -0.2) is 0 Å². The van der Waals surface area contributed by atoms with E-state index in [2.05, 4.69) is 0 Å². The summed E-state index contributed by atoms with van der Waals surface area (Å²) in [6.45, 7) is 5.03. The van der Waals surface area contributed by atoms with Crippen LogP contribution in [0.4, 0.5) is 0 Å². The average Bonchev–Trinajstić information content (AvgIpc) is 2.44. The number of carbonyl (C=O) groups is 4. The van der Waals surface area contributed by atoms with Crippen molar-refractivity contribution >= 4 is 45.5 Å². The molecule has 8 nitrogen and oxygen atoms in total. The molecule has 0 spiro atoms. The van der Waals surface area contributed by atoms with Crippen molar-refractivity contribution in [3.8, 4) is 0 Å². The highest BCUT2D eigenvalue weighted by Gasteiger charge is 2.17. The van der Waals surface area contributed by atoms with Crippen molar-refractivity contribution in [1.82, 2.24) is 0 Å². The van der Waals surface area contributed by atoms with Gasteiger partial charge in [0.15, 0.2) is 0 Å². The Hall–Kier alpha value is -1.42. The molecule has 10 heteroatoms. The summed E-state index contributed by atoms with van der Waals surface area (Å²) in [5, 5.41) is 0. The van der Waals surface area contributed by atoms with Crippen LogP contribution in [0.15, 0.2) is 0 Å². The van der Waals surface area contributed by atoms with Gasteiger partial charge in [0.05, 0.1) is 0 Å². The summed E-state index contributed by atoms with van der Waals surface area (Å²) < 4.78 is 19.8. The van der Waals surface area contributed by atoms with Crippen molar-refractivity contribution in [3.05, 3.63) is 0 Å². The summed E-state index contributed by atoms with van der Waals surface area (Å²) in [7, 11) is 2.72. The molecule has 0 aliphatic heterocycles. The lowest BCUT2D eigenvalue weighted by molar-refractivity contribution is -0.154. The molecule has 0 aromatic heterocycles. The molecule has 0 radical (unpaired) electrons. The molecule has 0 saturated heterocycles. The molecule has 138 valence electrons. The Morgan fingerprint density at radius 2 is 1.00 bits per heavy atom. The van der Waals surface area contributed by atoms with E-state index in [4.69, 9.17) is 18.9 Å². The minimum atomic E-state index is -0.565. The van der Waals surface area contributed by atoms with Crippen LogP contribution < -0.4 is 0 Å². The maximum Gasteiger partial charge on any atom is 0.303 e. The SMILES string of the molecule is CC(=O)OCC(CSSCC(COC(C)=O)OC(C)=O)OC(C)=O. The summed E-state index contributed by atoms with van der Waals surface area (Å²) in [6.07, 6.45) is -1.13. The summed E-state index contributed by atoms with van der Waals surface area (Å²) in [5.74, 6) is -1.08. The maximum absolute atomic E-state index is 11.0. The quantitative estimate of drug-likeness (QED) is 0.225. The van der Waals surface area contributed by atoms with Crippen molar-refractivity contribution in [3.63, 3.8) is 0 Å². The topological polar surface area (TPSA) is 105 Å². The van der Waals surface area contributed by atoms with Gasteiger partial charge in [-0.2, -0.15) is 0 Å². The first-order valence-corrected chi connectivity index (χ1v) is 9.55. The molecule has 0 rings (SSSR count). The van der Waals surface area contributed by atoms with E-state index < -0.39 is 36.1 Å². The van der Waals surface area contributed by atoms with Crippen LogP contribution in [0.2, 0.25) is 0 Å². The second-order valence-electron chi connectivity index (χ2n) is 4.64. The van der Waals surface area contributed by atoms with E-state index >= 15 is 0 Å². The molecule has 0 amide bonds. The highest BCUT2D eigenvalue weighted by Crippen LogP contribution is 2.25. The zero-order valence-electron chi connectivity index (χ0n) is 14.1. The molecule has 0 fully saturated rings. The van der Waals surface area contributed by atoms with Gasteiger partial charge >= 0.3 is 23.9 Å². The van der Waals surface area contributed by atoms with Crippen LogP contribution in [0.5, 0.6) is 0 Å². The van der Waals surface area contributed by atoms with Gasteiger partial charge in [-0.1, -0.05) is 21.6 Å². The van der Waals surface area contributed by atoms with E-state index in [1.165, 1.54) is 49.3 Å². The van der Waals surface area contributed by atoms with Gasteiger partial charge in [0.25, 0.3) is 0 Å². The van der Waals surface area contributed by atoms with Crippen LogP contribution in [0.3, 0.4) is 0 Å². The Morgan fingerprint density at radius 1 is 0.667 bits per heavy atom. The van der Waals surface area contributed by atoms with Crippen LogP contribution in [0.1, 0.15) is 27.7 Å². The first-order chi connectivity index (χ1) is 11.2. The number of carbonyl (C=O) groups excluding carboxylic acids is 4. The van der Waals surface area contributed by atoms with Crippen LogP contribution in [0, 0.1) is 0 Å². The summed E-state index contributed by atoms with van der Waals surface area (Å²) in [4.78, 5) is 43.7. The summed E-state index contributed by atoms with van der Waals surface area (Å²) in [5.41, 5.74) is 0. The van der Waals surface area contributed by atoms with E-state index in [1.54, 1.807) is 0 Å². The molecule has 0 aromatic carbocycles. The number of ether oxygens (including phenoxy) is 4. The molecule has 0 aliphatic carbocycles. The van der Waals surface area contributed by atoms with Crippen molar-refractivity contribution in [1.29, 1.82) is 0 Å². The van der Waals surface area contributed by atoms with Crippen LogP contribution in [-0.2, 0) is 38.1 Å². The highest BCUT2D eigenvalue weighted by molar-refractivity contribution is 8.76. The summed E-state index contributed by atoms with van der Waals surface area (Å²) in [6, 6.07) is 0. The Morgan fingerprint density at radius 3 is 1.25 bits per heavy atom. The van der Waals surface area contributed by atoms with E-state index in [0.717, 1.165) is 0 Å². The van der Waals surface area contributed by atoms with Crippen LogP contribution in [-0.4, -0.2) is 60.8 Å². The predicted molar refractivity (Wildman–Crippen MR) is 89.3 cm³/mol. The van der Waals surface area contributed by atoms with Gasteiger partial charge < -0.3 is 18.9 Å². The monoisotopic (exact) mass is 382 g/mol. The second kappa shape index (κ2) is 12.9. The van der Waals surface area contributed by atoms with Gasteiger partial charge in [0, 0.05) is 39.2 Å². The van der Waals surface area contributed by atoms with E-state index in [1.807, 2.05) is 0 Å². The lowest BCUT2D eigenvalue weighted by atomic mass is 10.4. The minimum absolute atomic E-state index is 0.0245. The molecular weight excluding hydrogens is 360 g/mol. The third-order valence-electron chi connectivity index (χ3n) is 2.20. The van der Waals surface area contributed by atoms with Gasteiger partial charge in [-0.05, 0) is 0 Å². The van der Waals surface area contributed by atoms with E-state index in [-0.39, 0.29) is 13.2 Å². The minimum Gasteiger partial charge on any atom is -0.462 e. The Labute approximate surface area is 148 Å². The fourth-order valence-electron chi connectivity index (χ4n) is 1.37. The molecule has 0 heterocycles. The van der Waals surface area contributed by atoms with Crippen molar-refractivity contribution < 1.29 is 38.1 Å². The first kappa shape index (κ1) is 22.6. The fraction of sp³-hybridized carbons (Fsp3) is 0.714. The smallest absolute Gasteiger partial charge is 0.303 e.